The topological polar surface area (TPSA) is 149 Å². The lowest BCUT2D eigenvalue weighted by molar-refractivity contribution is -0.110. The van der Waals surface area contributed by atoms with E-state index in [4.69, 9.17) is 0 Å². The second-order valence-electron chi connectivity index (χ2n) is 9.10. The molecule has 9 nitrogen and oxygen atoms in total. The number of carbonyl (C=O) groups excluding carboxylic acids is 3. The molecular formula is C29H35N5O4. The highest BCUT2D eigenvalue weighted by Gasteiger charge is 2.27. The van der Waals surface area contributed by atoms with Gasteiger partial charge in [0.15, 0.2) is 0 Å². The normalized spacial score (nSPS) is 14.6. The molecule has 38 heavy (non-hydrogen) atoms. The fourth-order valence-corrected chi connectivity index (χ4v) is 4.31. The average Bonchev–Trinajstić information content (AvgIpc) is 3.37. The van der Waals surface area contributed by atoms with Gasteiger partial charge >= 0.3 is 0 Å². The van der Waals surface area contributed by atoms with Gasteiger partial charge in [-0.05, 0) is 70.1 Å². The van der Waals surface area contributed by atoms with E-state index in [-0.39, 0.29) is 30.3 Å². The Bertz CT molecular complexity index is 1360. The van der Waals surface area contributed by atoms with Gasteiger partial charge in [0.25, 0.3) is 17.7 Å². The number of aryl methyl sites for hydroxylation is 1. The largest absolute Gasteiger partial charge is 0.392 e. The Morgan fingerprint density at radius 1 is 1.05 bits per heavy atom. The number of rotatable bonds is 7. The number of nitrogens with two attached hydrogens (primary N) is 1. The molecular weight excluding hydrogens is 482 g/mol. The Kier molecular flexibility index (Phi) is 9.22. The first-order valence-electron chi connectivity index (χ1n) is 12.4. The van der Waals surface area contributed by atoms with Crippen LogP contribution in [0.2, 0.25) is 0 Å². The van der Waals surface area contributed by atoms with Crippen LogP contribution >= 0.6 is 0 Å². The highest BCUT2D eigenvalue weighted by atomic mass is 16.3. The molecule has 9 heteroatoms. The van der Waals surface area contributed by atoms with Crippen LogP contribution in [0.5, 0.6) is 0 Å². The number of aromatic nitrogens is 1. The van der Waals surface area contributed by atoms with Gasteiger partial charge in [0.1, 0.15) is 0 Å². The molecule has 2 aromatic carbocycles. The first kappa shape index (κ1) is 28.4. The summed E-state index contributed by atoms with van der Waals surface area (Å²) in [5.74, 6) is -0.821. The van der Waals surface area contributed by atoms with Gasteiger partial charge in [-0.25, -0.2) is 0 Å². The molecule has 0 fully saturated rings. The lowest BCUT2D eigenvalue weighted by Gasteiger charge is -2.14. The van der Waals surface area contributed by atoms with Gasteiger partial charge in [0.2, 0.25) is 0 Å². The molecule has 1 aromatic heterocycles. The monoisotopic (exact) mass is 517 g/mol. The number of carbonyl (C=O) groups is 3. The lowest BCUT2D eigenvalue weighted by Crippen LogP contribution is -2.31. The standard InChI is InChI=1S/C28H30N4O4.CH5N/c1-15(33)14-29-28(36)25-16(2)24(30-18(25)4)13-22-21-12-20(10-11-23(21)32-27(22)35)26(34)31-17(3)19-8-6-5-7-9-19;1-2/h5-13,15,17,30,33H,14H2,1-4H3,(H,29,36)(H,31,34)(H,32,35);2H2,1H3/b22-13-;. The van der Waals surface area contributed by atoms with Gasteiger partial charge in [-0.3, -0.25) is 14.4 Å². The molecule has 0 bridgehead atoms. The fraction of sp³-hybridized carbons (Fsp3) is 0.276. The molecule has 3 aromatic rings. The number of H-pyrrole nitrogens is 1. The van der Waals surface area contributed by atoms with Gasteiger partial charge < -0.3 is 31.8 Å². The number of benzene rings is 2. The van der Waals surface area contributed by atoms with Crippen molar-refractivity contribution in [3.05, 3.63) is 87.7 Å². The van der Waals surface area contributed by atoms with Crippen molar-refractivity contribution < 1.29 is 19.5 Å². The van der Waals surface area contributed by atoms with Crippen LogP contribution in [-0.4, -0.2) is 47.5 Å². The van der Waals surface area contributed by atoms with Crippen LogP contribution in [0.25, 0.3) is 11.6 Å². The Balaban J connectivity index is 0.00000195. The molecule has 0 radical (unpaired) electrons. The van der Waals surface area contributed by atoms with E-state index in [1.165, 1.54) is 7.05 Å². The SMILES string of the molecule is CN.Cc1[nH]c(/C=C2\C(=O)Nc3ccc(C(=O)NC(C)c4ccccc4)cc32)c(C)c1C(=O)NCC(C)O. The number of aromatic amines is 1. The third-order valence-corrected chi connectivity index (χ3v) is 6.26. The van der Waals surface area contributed by atoms with E-state index in [0.29, 0.717) is 44.9 Å². The molecule has 0 spiro atoms. The van der Waals surface area contributed by atoms with Gasteiger partial charge in [-0.2, -0.15) is 0 Å². The number of nitrogens with one attached hydrogen (secondary N) is 4. The predicted molar refractivity (Wildman–Crippen MR) is 150 cm³/mol. The Hall–Kier alpha value is -4.21. The van der Waals surface area contributed by atoms with Crippen LogP contribution in [0, 0.1) is 13.8 Å². The van der Waals surface area contributed by atoms with E-state index in [0.717, 1.165) is 5.56 Å². The molecule has 3 amide bonds. The third kappa shape index (κ3) is 6.19. The number of hydrogen-bond donors (Lipinski definition) is 6. The zero-order valence-electron chi connectivity index (χ0n) is 22.3. The minimum absolute atomic E-state index is 0.142. The van der Waals surface area contributed by atoms with E-state index in [1.807, 2.05) is 37.3 Å². The number of anilines is 1. The lowest BCUT2D eigenvalue weighted by atomic mass is 10.0. The predicted octanol–water partition coefficient (Wildman–Crippen LogP) is 3.30. The molecule has 4 rings (SSSR count). The van der Waals surface area contributed by atoms with Crippen LogP contribution in [0.1, 0.15) is 68.7 Å². The summed E-state index contributed by atoms with van der Waals surface area (Å²) in [6.07, 6.45) is 1.04. The van der Waals surface area contributed by atoms with Crippen molar-refractivity contribution in [2.75, 3.05) is 18.9 Å². The molecule has 2 atom stereocenters. The van der Waals surface area contributed by atoms with Crippen molar-refractivity contribution in [1.29, 1.82) is 0 Å². The molecule has 1 aliphatic heterocycles. The summed E-state index contributed by atoms with van der Waals surface area (Å²) in [6, 6.07) is 14.6. The number of amides is 3. The van der Waals surface area contributed by atoms with Crippen LogP contribution in [0.3, 0.4) is 0 Å². The highest BCUT2D eigenvalue weighted by molar-refractivity contribution is 6.35. The molecule has 200 valence electrons. The van der Waals surface area contributed by atoms with Crippen molar-refractivity contribution >= 4 is 35.1 Å². The molecule has 0 saturated heterocycles. The third-order valence-electron chi connectivity index (χ3n) is 6.26. The molecule has 7 N–H and O–H groups in total. The van der Waals surface area contributed by atoms with Gasteiger partial charge in [0.05, 0.1) is 23.3 Å². The summed E-state index contributed by atoms with van der Waals surface area (Å²) in [7, 11) is 1.50. The first-order valence-corrected chi connectivity index (χ1v) is 12.4. The van der Waals surface area contributed by atoms with E-state index < -0.39 is 6.10 Å². The van der Waals surface area contributed by atoms with Crippen molar-refractivity contribution in [2.24, 2.45) is 5.73 Å². The second kappa shape index (κ2) is 12.4. The zero-order valence-corrected chi connectivity index (χ0v) is 22.3. The number of hydrogen-bond acceptors (Lipinski definition) is 5. The van der Waals surface area contributed by atoms with Crippen molar-refractivity contribution in [3.63, 3.8) is 0 Å². The minimum Gasteiger partial charge on any atom is -0.392 e. The fourth-order valence-electron chi connectivity index (χ4n) is 4.31. The Labute approximate surface area is 222 Å². The maximum atomic E-state index is 13.0. The second-order valence-corrected chi connectivity index (χ2v) is 9.10. The summed E-state index contributed by atoms with van der Waals surface area (Å²) in [5, 5.41) is 18.0. The number of aliphatic hydroxyl groups excluding tert-OH is 1. The average molecular weight is 518 g/mol. The van der Waals surface area contributed by atoms with Gasteiger partial charge in [-0.15, -0.1) is 0 Å². The molecule has 2 unspecified atom stereocenters. The van der Waals surface area contributed by atoms with Gasteiger partial charge in [-0.1, -0.05) is 30.3 Å². The van der Waals surface area contributed by atoms with Crippen molar-refractivity contribution in [3.8, 4) is 0 Å². The Morgan fingerprint density at radius 3 is 2.39 bits per heavy atom. The number of fused-ring (bicyclic) bond motifs is 1. The first-order chi connectivity index (χ1) is 18.2. The minimum atomic E-state index is -0.657. The smallest absolute Gasteiger partial charge is 0.256 e. The summed E-state index contributed by atoms with van der Waals surface area (Å²) in [4.78, 5) is 41.6. The maximum absolute atomic E-state index is 13.0. The maximum Gasteiger partial charge on any atom is 0.256 e. The Morgan fingerprint density at radius 2 is 1.74 bits per heavy atom. The van der Waals surface area contributed by atoms with Crippen molar-refractivity contribution in [2.45, 2.75) is 39.8 Å². The molecule has 2 heterocycles. The van der Waals surface area contributed by atoms with Crippen molar-refractivity contribution in [1.82, 2.24) is 15.6 Å². The quantitative estimate of drug-likeness (QED) is 0.266. The van der Waals surface area contributed by atoms with Crippen LogP contribution < -0.4 is 21.7 Å². The summed E-state index contributed by atoms with van der Waals surface area (Å²) >= 11 is 0. The highest BCUT2D eigenvalue weighted by Crippen LogP contribution is 2.35. The van der Waals surface area contributed by atoms with E-state index in [2.05, 4.69) is 26.7 Å². The molecule has 0 saturated carbocycles. The molecule has 0 aliphatic carbocycles. The van der Waals surface area contributed by atoms with Crippen LogP contribution in [-0.2, 0) is 4.79 Å². The number of aliphatic hydroxyl groups is 1. The van der Waals surface area contributed by atoms with E-state index in [1.54, 1.807) is 45.0 Å². The summed E-state index contributed by atoms with van der Waals surface area (Å²) in [6.45, 7) is 7.24. The molecule has 1 aliphatic rings. The summed E-state index contributed by atoms with van der Waals surface area (Å²) in [5.41, 5.74) is 10.0. The summed E-state index contributed by atoms with van der Waals surface area (Å²) < 4.78 is 0. The van der Waals surface area contributed by atoms with E-state index >= 15 is 0 Å². The van der Waals surface area contributed by atoms with Crippen LogP contribution in [0.4, 0.5) is 5.69 Å². The van der Waals surface area contributed by atoms with E-state index in [9.17, 15) is 19.5 Å². The van der Waals surface area contributed by atoms with Gasteiger partial charge in [0, 0.05) is 34.7 Å². The van der Waals surface area contributed by atoms with Crippen LogP contribution in [0.15, 0.2) is 48.5 Å². The zero-order chi connectivity index (χ0) is 28.0.